The van der Waals surface area contributed by atoms with Gasteiger partial charge in [-0.15, -0.1) is 0 Å². The molecule has 1 aromatic carbocycles. The third-order valence-electron chi connectivity index (χ3n) is 5.05. The van der Waals surface area contributed by atoms with Crippen LogP contribution in [0.1, 0.15) is 62.1 Å². The third-order valence-corrected chi connectivity index (χ3v) is 5.05. The Morgan fingerprint density at radius 3 is 2.65 bits per heavy atom. The molecule has 140 valence electrons. The van der Waals surface area contributed by atoms with Crippen LogP contribution in [0.4, 0.5) is 0 Å². The molecule has 5 heteroatoms. The number of carbonyl (C=O) groups excluding carboxylic acids is 1. The van der Waals surface area contributed by atoms with Crippen molar-refractivity contribution in [1.82, 2.24) is 0 Å². The van der Waals surface area contributed by atoms with Crippen molar-refractivity contribution in [2.45, 2.75) is 64.7 Å². The summed E-state index contributed by atoms with van der Waals surface area (Å²) in [4.78, 5) is 23.1. The van der Waals surface area contributed by atoms with Crippen LogP contribution in [0.3, 0.4) is 0 Å². The quantitative estimate of drug-likeness (QED) is 0.536. The molecular formula is C21H25O5-. The van der Waals surface area contributed by atoms with Gasteiger partial charge in [0.2, 0.25) is 0 Å². The van der Waals surface area contributed by atoms with Gasteiger partial charge in [-0.1, -0.05) is 26.2 Å². The van der Waals surface area contributed by atoms with E-state index in [9.17, 15) is 14.7 Å². The molecule has 0 amide bonds. The van der Waals surface area contributed by atoms with Gasteiger partial charge in [0.25, 0.3) is 0 Å². The molecule has 1 aliphatic rings. The molecule has 1 aromatic heterocycles. The topological polar surface area (TPSA) is 79.6 Å². The molecule has 0 atom stereocenters. The van der Waals surface area contributed by atoms with Crippen molar-refractivity contribution < 1.29 is 19.1 Å². The van der Waals surface area contributed by atoms with Crippen molar-refractivity contribution in [2.75, 3.05) is 6.61 Å². The number of carbonyl (C=O) groups is 1. The summed E-state index contributed by atoms with van der Waals surface area (Å²) in [7, 11) is 0. The van der Waals surface area contributed by atoms with Crippen LogP contribution in [0.25, 0.3) is 11.0 Å². The van der Waals surface area contributed by atoms with E-state index in [0.29, 0.717) is 11.3 Å². The number of aliphatic carboxylic acids is 1. The molecule has 0 N–H and O–H groups in total. The molecule has 0 unspecified atom stereocenters. The maximum atomic E-state index is 12.3. The fraction of sp³-hybridized carbons (Fsp3) is 0.524. The van der Waals surface area contributed by atoms with Gasteiger partial charge in [0.05, 0.1) is 5.97 Å². The summed E-state index contributed by atoms with van der Waals surface area (Å²) in [5.41, 5.74) is 3.04. The zero-order valence-corrected chi connectivity index (χ0v) is 15.3. The van der Waals surface area contributed by atoms with Gasteiger partial charge >= 0.3 is 5.63 Å². The minimum atomic E-state index is -1.27. The Balaban J connectivity index is 2.01. The second-order valence-electron chi connectivity index (χ2n) is 6.98. The second kappa shape index (κ2) is 8.39. The fourth-order valence-corrected chi connectivity index (χ4v) is 3.72. The van der Waals surface area contributed by atoms with E-state index in [1.54, 1.807) is 6.07 Å². The van der Waals surface area contributed by atoms with E-state index in [1.165, 1.54) is 6.42 Å². The SMILES string of the molecule is CCCCCCc1cc2c3c(c(=O)oc2cc1OCC(=O)[O-])CCCC3. The number of hydrogen-bond donors (Lipinski definition) is 0. The molecule has 0 aliphatic heterocycles. The predicted molar refractivity (Wildman–Crippen MR) is 97.5 cm³/mol. The highest BCUT2D eigenvalue weighted by atomic mass is 16.5. The van der Waals surface area contributed by atoms with Crippen LogP contribution < -0.4 is 15.5 Å². The molecule has 3 rings (SSSR count). The van der Waals surface area contributed by atoms with E-state index in [2.05, 4.69) is 6.92 Å². The third kappa shape index (κ3) is 4.09. The van der Waals surface area contributed by atoms with E-state index >= 15 is 0 Å². The lowest BCUT2D eigenvalue weighted by Crippen LogP contribution is -2.29. The molecule has 5 nitrogen and oxygen atoms in total. The van der Waals surface area contributed by atoms with E-state index in [-0.39, 0.29) is 5.63 Å². The van der Waals surface area contributed by atoms with Crippen LogP contribution in [-0.2, 0) is 24.1 Å². The summed E-state index contributed by atoms with van der Waals surface area (Å²) in [6.45, 7) is 1.65. The van der Waals surface area contributed by atoms with Crippen LogP contribution in [0, 0.1) is 0 Å². The van der Waals surface area contributed by atoms with Crippen molar-refractivity contribution in [3.63, 3.8) is 0 Å². The first-order valence-electron chi connectivity index (χ1n) is 9.54. The van der Waals surface area contributed by atoms with Gasteiger partial charge in [-0.2, -0.15) is 0 Å². The summed E-state index contributed by atoms with van der Waals surface area (Å²) in [6.07, 6.45) is 9.01. The molecule has 0 bridgehead atoms. The molecule has 26 heavy (non-hydrogen) atoms. The number of unbranched alkanes of at least 4 members (excludes halogenated alkanes) is 3. The first-order valence-corrected chi connectivity index (χ1v) is 9.54. The molecule has 2 aromatic rings. The number of fused-ring (bicyclic) bond motifs is 3. The zero-order valence-electron chi connectivity index (χ0n) is 15.3. The van der Waals surface area contributed by atoms with Crippen molar-refractivity contribution in [2.24, 2.45) is 0 Å². The maximum absolute atomic E-state index is 12.3. The highest BCUT2D eigenvalue weighted by molar-refractivity contribution is 5.84. The number of rotatable bonds is 8. The van der Waals surface area contributed by atoms with Crippen LogP contribution in [0.5, 0.6) is 5.75 Å². The van der Waals surface area contributed by atoms with Crippen LogP contribution in [-0.4, -0.2) is 12.6 Å². The second-order valence-corrected chi connectivity index (χ2v) is 6.98. The minimum absolute atomic E-state index is 0.284. The van der Waals surface area contributed by atoms with Gasteiger partial charge in [0.15, 0.2) is 0 Å². The van der Waals surface area contributed by atoms with E-state index in [0.717, 1.165) is 73.4 Å². The Morgan fingerprint density at radius 1 is 1.15 bits per heavy atom. The maximum Gasteiger partial charge on any atom is 0.339 e. The molecule has 0 spiro atoms. The summed E-state index contributed by atoms with van der Waals surface area (Å²) < 4.78 is 10.9. The first-order chi connectivity index (χ1) is 12.6. The molecule has 0 radical (unpaired) electrons. The summed E-state index contributed by atoms with van der Waals surface area (Å²) >= 11 is 0. The van der Waals surface area contributed by atoms with E-state index < -0.39 is 12.6 Å². The lowest BCUT2D eigenvalue weighted by Gasteiger charge is -2.18. The summed E-state index contributed by atoms with van der Waals surface area (Å²) in [5, 5.41) is 11.7. The largest absolute Gasteiger partial charge is 0.546 e. The van der Waals surface area contributed by atoms with E-state index in [4.69, 9.17) is 9.15 Å². The van der Waals surface area contributed by atoms with Gasteiger partial charge in [-0.05, 0) is 55.7 Å². The number of hydrogen-bond acceptors (Lipinski definition) is 5. The van der Waals surface area contributed by atoms with Crippen LogP contribution in [0.2, 0.25) is 0 Å². The molecule has 1 aliphatic carbocycles. The van der Waals surface area contributed by atoms with Crippen molar-refractivity contribution in [3.05, 3.63) is 39.2 Å². The Labute approximate surface area is 153 Å². The highest BCUT2D eigenvalue weighted by Gasteiger charge is 2.19. The average Bonchev–Trinajstić information content (AvgIpc) is 2.64. The Hall–Kier alpha value is -2.30. The van der Waals surface area contributed by atoms with Gasteiger partial charge in [-0.25, -0.2) is 4.79 Å². The molecule has 1 heterocycles. The van der Waals surface area contributed by atoms with Crippen molar-refractivity contribution in [3.8, 4) is 5.75 Å². The van der Waals surface area contributed by atoms with Gasteiger partial charge in [0.1, 0.15) is 17.9 Å². The Morgan fingerprint density at radius 2 is 1.92 bits per heavy atom. The van der Waals surface area contributed by atoms with Gasteiger partial charge in [0, 0.05) is 17.0 Å². The lowest BCUT2D eigenvalue weighted by atomic mass is 9.89. The molecule has 0 saturated carbocycles. The summed E-state index contributed by atoms with van der Waals surface area (Å²) in [5.74, 6) is -0.800. The normalized spacial score (nSPS) is 13.6. The lowest BCUT2D eigenvalue weighted by molar-refractivity contribution is -0.307. The zero-order chi connectivity index (χ0) is 18.5. The number of benzene rings is 1. The van der Waals surface area contributed by atoms with E-state index in [1.807, 2.05) is 6.07 Å². The Bertz CT molecular complexity index is 850. The minimum Gasteiger partial charge on any atom is -0.546 e. The number of carboxylic acid groups (broad SMARTS) is 1. The Kier molecular flexibility index (Phi) is 5.96. The van der Waals surface area contributed by atoms with Crippen molar-refractivity contribution in [1.29, 1.82) is 0 Å². The monoisotopic (exact) mass is 357 g/mol. The average molecular weight is 357 g/mol. The van der Waals surface area contributed by atoms with Gasteiger partial charge in [-0.3, -0.25) is 0 Å². The standard InChI is InChI=1S/C21H26O5/c1-2-3-4-5-8-14-11-17-15-9-6-7-10-16(15)21(24)26-19(17)12-18(14)25-13-20(22)23/h11-12H,2-10,13H2,1H3,(H,22,23)/p-1. The summed E-state index contributed by atoms with van der Waals surface area (Å²) in [6, 6.07) is 3.70. The van der Waals surface area contributed by atoms with Crippen LogP contribution in [0.15, 0.2) is 21.3 Å². The molecular weight excluding hydrogens is 332 g/mol. The number of ether oxygens (including phenoxy) is 1. The predicted octanol–water partition coefficient (Wildman–Crippen LogP) is 2.92. The molecule has 0 fully saturated rings. The highest BCUT2D eigenvalue weighted by Crippen LogP contribution is 2.32. The van der Waals surface area contributed by atoms with Crippen molar-refractivity contribution >= 4 is 16.9 Å². The smallest absolute Gasteiger partial charge is 0.339 e. The molecule has 0 saturated heterocycles. The van der Waals surface area contributed by atoms with Crippen LogP contribution >= 0.6 is 0 Å². The number of aryl methyl sites for hydroxylation is 2. The number of carboxylic acids is 1. The first kappa shape index (κ1) is 18.5. The fourth-order valence-electron chi connectivity index (χ4n) is 3.72. The van der Waals surface area contributed by atoms with Gasteiger partial charge < -0.3 is 19.1 Å².